The molecular formula is C20H16N2O3S. The molecule has 3 aromatic rings. The number of benzene rings is 2. The zero-order valence-electron chi connectivity index (χ0n) is 14.1. The van der Waals surface area contributed by atoms with Crippen LogP contribution in [0.3, 0.4) is 0 Å². The summed E-state index contributed by atoms with van der Waals surface area (Å²) in [6, 6.07) is 16.8. The molecule has 130 valence electrons. The van der Waals surface area contributed by atoms with E-state index in [1.54, 1.807) is 24.3 Å². The Morgan fingerprint density at radius 1 is 1.15 bits per heavy atom. The van der Waals surface area contributed by atoms with E-state index in [2.05, 4.69) is 11.4 Å². The summed E-state index contributed by atoms with van der Waals surface area (Å²) in [6.07, 6.45) is 0.320. The van der Waals surface area contributed by atoms with E-state index in [0.717, 1.165) is 21.2 Å². The normalized spacial score (nSPS) is 10.3. The maximum Gasteiger partial charge on any atom is 0.349 e. The van der Waals surface area contributed by atoms with Crippen LogP contribution in [-0.4, -0.2) is 18.5 Å². The van der Waals surface area contributed by atoms with Gasteiger partial charge in [0.05, 0.1) is 12.5 Å². The highest BCUT2D eigenvalue weighted by Crippen LogP contribution is 2.30. The van der Waals surface area contributed by atoms with Crippen molar-refractivity contribution in [1.82, 2.24) is 0 Å². The van der Waals surface area contributed by atoms with Gasteiger partial charge in [-0.3, -0.25) is 4.79 Å². The molecule has 1 amide bonds. The maximum atomic E-state index is 12.3. The molecule has 0 saturated heterocycles. The van der Waals surface area contributed by atoms with Crippen molar-refractivity contribution < 1.29 is 14.3 Å². The van der Waals surface area contributed by atoms with Crippen LogP contribution in [0.5, 0.6) is 0 Å². The number of carbonyl (C=O) groups excluding carboxylic acids is 2. The van der Waals surface area contributed by atoms with Gasteiger partial charge in [0.25, 0.3) is 5.91 Å². The fraction of sp³-hybridized carbons (Fsp3) is 0.150. The number of fused-ring (bicyclic) bond motifs is 1. The molecule has 0 fully saturated rings. The van der Waals surface area contributed by atoms with E-state index < -0.39 is 11.9 Å². The van der Waals surface area contributed by atoms with E-state index in [4.69, 9.17) is 10.00 Å². The first-order valence-corrected chi connectivity index (χ1v) is 8.81. The second kappa shape index (κ2) is 7.81. The molecule has 5 nitrogen and oxygen atoms in total. The first-order chi connectivity index (χ1) is 12.6. The zero-order chi connectivity index (χ0) is 18.5. The van der Waals surface area contributed by atoms with Gasteiger partial charge in [-0.1, -0.05) is 30.3 Å². The molecule has 0 aliphatic heterocycles. The van der Waals surface area contributed by atoms with Crippen molar-refractivity contribution in [3.63, 3.8) is 0 Å². The molecule has 0 atom stereocenters. The average molecular weight is 364 g/mol. The van der Waals surface area contributed by atoms with Gasteiger partial charge < -0.3 is 10.1 Å². The fourth-order valence-corrected chi connectivity index (χ4v) is 3.66. The summed E-state index contributed by atoms with van der Waals surface area (Å²) >= 11 is 1.36. The van der Waals surface area contributed by atoms with Gasteiger partial charge in [-0.15, -0.1) is 11.3 Å². The van der Waals surface area contributed by atoms with Crippen LogP contribution in [0.25, 0.3) is 10.1 Å². The van der Waals surface area contributed by atoms with E-state index in [1.165, 1.54) is 11.3 Å². The molecule has 0 spiro atoms. The fourth-order valence-electron chi connectivity index (χ4n) is 2.56. The largest absolute Gasteiger partial charge is 0.451 e. The van der Waals surface area contributed by atoms with E-state index in [9.17, 15) is 9.59 Å². The Bertz CT molecular complexity index is 1000. The number of nitrogens with one attached hydrogen (secondary N) is 1. The molecule has 0 bridgehead atoms. The van der Waals surface area contributed by atoms with Crippen LogP contribution in [0, 0.1) is 18.3 Å². The van der Waals surface area contributed by atoms with Gasteiger partial charge in [-0.2, -0.15) is 5.26 Å². The Balaban J connectivity index is 1.59. The van der Waals surface area contributed by atoms with Gasteiger partial charge in [-0.05, 0) is 41.6 Å². The first-order valence-electron chi connectivity index (χ1n) is 7.99. The number of hydrogen-bond acceptors (Lipinski definition) is 5. The first kappa shape index (κ1) is 17.6. The number of carbonyl (C=O) groups is 2. The molecule has 1 aromatic heterocycles. The second-order valence-corrected chi connectivity index (χ2v) is 6.76. The molecule has 0 saturated carbocycles. The lowest BCUT2D eigenvalue weighted by Gasteiger charge is -2.07. The van der Waals surface area contributed by atoms with Crippen LogP contribution < -0.4 is 5.32 Å². The van der Waals surface area contributed by atoms with E-state index in [0.29, 0.717) is 17.0 Å². The predicted octanol–water partition coefficient (Wildman–Crippen LogP) is 4.07. The molecular weight excluding hydrogens is 348 g/mol. The molecule has 0 aliphatic carbocycles. The number of nitrogens with zero attached hydrogens (tertiary/aromatic N) is 1. The number of amides is 1. The topological polar surface area (TPSA) is 79.2 Å². The monoisotopic (exact) mass is 364 g/mol. The number of rotatable bonds is 5. The lowest BCUT2D eigenvalue weighted by molar-refractivity contribution is -0.119. The van der Waals surface area contributed by atoms with Crippen molar-refractivity contribution >= 4 is 39.0 Å². The minimum absolute atomic E-state index is 0.320. The van der Waals surface area contributed by atoms with E-state index >= 15 is 0 Å². The lowest BCUT2D eigenvalue weighted by atomic mass is 10.1. The third-order valence-electron chi connectivity index (χ3n) is 3.88. The number of nitriles is 1. The predicted molar refractivity (Wildman–Crippen MR) is 101 cm³/mol. The number of aryl methyl sites for hydroxylation is 1. The quantitative estimate of drug-likeness (QED) is 0.692. The smallest absolute Gasteiger partial charge is 0.349 e. The van der Waals surface area contributed by atoms with Crippen LogP contribution >= 0.6 is 11.3 Å². The summed E-state index contributed by atoms with van der Waals surface area (Å²) in [7, 11) is 0. The Kier molecular flexibility index (Phi) is 5.30. The molecule has 3 rings (SSSR count). The van der Waals surface area contributed by atoms with Crippen LogP contribution in [0.1, 0.15) is 20.8 Å². The van der Waals surface area contributed by atoms with Crippen LogP contribution in [0.4, 0.5) is 5.69 Å². The molecule has 0 radical (unpaired) electrons. The summed E-state index contributed by atoms with van der Waals surface area (Å²) in [6.45, 7) is 1.52. The Labute approximate surface area is 154 Å². The van der Waals surface area contributed by atoms with Gasteiger partial charge in [0, 0.05) is 10.4 Å². The molecule has 6 heteroatoms. The molecule has 1 heterocycles. The van der Waals surface area contributed by atoms with Crippen LogP contribution in [-0.2, 0) is 16.0 Å². The van der Waals surface area contributed by atoms with Crippen LogP contribution in [0.15, 0.2) is 48.5 Å². The minimum atomic E-state index is -0.497. The summed E-state index contributed by atoms with van der Waals surface area (Å²) < 4.78 is 6.16. The molecule has 1 N–H and O–H groups in total. The zero-order valence-corrected chi connectivity index (χ0v) is 14.9. The number of ether oxygens (including phenoxy) is 1. The maximum absolute atomic E-state index is 12.3. The average Bonchev–Trinajstić information content (AvgIpc) is 2.99. The summed E-state index contributed by atoms with van der Waals surface area (Å²) in [5, 5.41) is 12.3. The molecule has 0 unspecified atom stereocenters. The second-order valence-electron chi connectivity index (χ2n) is 5.71. The van der Waals surface area contributed by atoms with Gasteiger partial charge in [0.2, 0.25) is 0 Å². The van der Waals surface area contributed by atoms with E-state index in [1.807, 2.05) is 31.2 Å². The van der Waals surface area contributed by atoms with Gasteiger partial charge in [0.1, 0.15) is 4.88 Å². The number of anilines is 1. The minimum Gasteiger partial charge on any atom is -0.451 e. The third-order valence-corrected chi connectivity index (χ3v) is 5.14. The number of hydrogen-bond donors (Lipinski definition) is 1. The van der Waals surface area contributed by atoms with Crippen molar-refractivity contribution in [2.24, 2.45) is 0 Å². The Hall–Kier alpha value is -3.17. The summed E-state index contributed by atoms with van der Waals surface area (Å²) in [5.41, 5.74) is 2.33. The highest BCUT2D eigenvalue weighted by atomic mass is 32.1. The highest BCUT2D eigenvalue weighted by Gasteiger charge is 2.17. The summed E-state index contributed by atoms with van der Waals surface area (Å²) in [5.74, 6) is -0.909. The third kappa shape index (κ3) is 3.90. The van der Waals surface area contributed by atoms with Crippen molar-refractivity contribution in [3.8, 4) is 6.07 Å². The highest BCUT2D eigenvalue weighted by molar-refractivity contribution is 7.21. The van der Waals surface area contributed by atoms with E-state index in [-0.39, 0.29) is 6.61 Å². The van der Waals surface area contributed by atoms with Crippen LogP contribution in [0.2, 0.25) is 0 Å². The standard InChI is InChI=1S/C20H16N2O3S/c1-13-16-4-2-3-5-17(16)26-19(13)20(24)25-12-18(23)22-15-8-6-14(7-9-15)10-11-21/h2-9H,10,12H2,1H3,(H,22,23). The lowest BCUT2D eigenvalue weighted by Crippen LogP contribution is -2.20. The van der Waals surface area contributed by atoms with Crippen molar-refractivity contribution in [3.05, 3.63) is 64.5 Å². The van der Waals surface area contributed by atoms with Gasteiger partial charge in [-0.25, -0.2) is 4.79 Å². The Morgan fingerprint density at radius 2 is 1.88 bits per heavy atom. The summed E-state index contributed by atoms with van der Waals surface area (Å²) in [4.78, 5) is 24.8. The molecule has 26 heavy (non-hydrogen) atoms. The van der Waals surface area contributed by atoms with Crippen molar-refractivity contribution in [2.45, 2.75) is 13.3 Å². The SMILES string of the molecule is Cc1c(C(=O)OCC(=O)Nc2ccc(CC#N)cc2)sc2ccccc12. The van der Waals surface area contributed by atoms with Gasteiger partial charge in [0.15, 0.2) is 6.61 Å². The molecule has 0 aliphatic rings. The number of esters is 1. The number of thiophene rings is 1. The van der Waals surface area contributed by atoms with Crippen molar-refractivity contribution in [2.75, 3.05) is 11.9 Å². The molecule has 2 aromatic carbocycles. The van der Waals surface area contributed by atoms with Gasteiger partial charge >= 0.3 is 5.97 Å². The van der Waals surface area contributed by atoms with Crippen molar-refractivity contribution in [1.29, 1.82) is 5.26 Å². The Morgan fingerprint density at radius 3 is 2.58 bits per heavy atom.